The van der Waals surface area contributed by atoms with Crippen LogP contribution in [0.5, 0.6) is 11.6 Å². The molecule has 0 amide bonds. The zero-order chi connectivity index (χ0) is 31.6. The fraction of sp³-hybridized carbons (Fsp3) is 0.278. The summed E-state index contributed by atoms with van der Waals surface area (Å²) in [5.74, 6) is 0.605. The number of halogens is 1. The molecule has 7 rings (SSSR count). The minimum atomic E-state index is -0.614. The summed E-state index contributed by atoms with van der Waals surface area (Å²) in [6.07, 6.45) is 2.66. The van der Waals surface area contributed by atoms with Gasteiger partial charge >= 0.3 is 5.97 Å². The summed E-state index contributed by atoms with van der Waals surface area (Å²) in [5, 5.41) is 0. The Balaban J connectivity index is 1.27. The van der Waals surface area contributed by atoms with E-state index >= 15 is 4.39 Å². The predicted molar refractivity (Wildman–Crippen MR) is 169 cm³/mol. The van der Waals surface area contributed by atoms with Crippen molar-refractivity contribution >= 4 is 22.7 Å². The van der Waals surface area contributed by atoms with Crippen LogP contribution in [0.2, 0.25) is 0 Å². The number of ether oxygens (including phenoxy) is 4. The van der Waals surface area contributed by atoms with Crippen LogP contribution in [-0.2, 0) is 35.5 Å². The molecule has 4 heterocycles. The Morgan fingerprint density at radius 2 is 1.96 bits per heavy atom. The molecule has 1 atom stereocenters. The van der Waals surface area contributed by atoms with Crippen LogP contribution in [0, 0.1) is 12.4 Å². The van der Waals surface area contributed by atoms with E-state index in [1.54, 1.807) is 6.07 Å². The largest absolute Gasteiger partial charge is 0.493 e. The SMILES string of the molecule is [C-]#[N+]c1ccc2c(c1)CCCOc1cc(ccc1Cc1nc3c(F)cc(C(=O)OC)cc3n1C[C@@H]1CCO1)-c1cccc(n1)OC2. The van der Waals surface area contributed by atoms with Crippen molar-refractivity contribution in [3.8, 4) is 22.9 Å². The number of methoxy groups -OCH3 is 1. The highest BCUT2D eigenvalue weighted by atomic mass is 19.1. The molecule has 3 aromatic carbocycles. The summed E-state index contributed by atoms with van der Waals surface area (Å²) < 4.78 is 40.4. The molecule has 0 N–H and O–H groups in total. The maximum atomic E-state index is 15.3. The fourth-order valence-corrected chi connectivity index (χ4v) is 5.91. The van der Waals surface area contributed by atoms with Gasteiger partial charge in [-0.05, 0) is 49.1 Å². The van der Waals surface area contributed by atoms with Gasteiger partial charge in [0.15, 0.2) is 11.5 Å². The first kappa shape index (κ1) is 29.4. The van der Waals surface area contributed by atoms with Crippen molar-refractivity contribution in [2.75, 3.05) is 20.3 Å². The van der Waals surface area contributed by atoms with Crippen molar-refractivity contribution in [3.05, 3.63) is 112 Å². The normalized spacial score (nSPS) is 15.8. The Labute approximate surface area is 265 Å². The molecule has 2 aliphatic heterocycles. The van der Waals surface area contributed by atoms with Crippen molar-refractivity contribution < 1.29 is 28.1 Å². The van der Waals surface area contributed by atoms with Crippen LogP contribution in [0.1, 0.15) is 45.7 Å². The number of nitrogens with zero attached hydrogens (tertiary/aromatic N) is 4. The van der Waals surface area contributed by atoms with Gasteiger partial charge in [-0.3, -0.25) is 0 Å². The number of carbonyl (C=O) groups is 1. The number of benzene rings is 3. The van der Waals surface area contributed by atoms with Crippen molar-refractivity contribution in [1.82, 2.24) is 14.5 Å². The third kappa shape index (κ3) is 5.89. The molecule has 10 heteroatoms. The van der Waals surface area contributed by atoms with E-state index in [-0.39, 0.29) is 17.2 Å². The maximum absolute atomic E-state index is 15.3. The highest BCUT2D eigenvalue weighted by molar-refractivity contribution is 5.94. The number of carbonyl (C=O) groups excluding carboxylic acids is 1. The van der Waals surface area contributed by atoms with Gasteiger partial charge < -0.3 is 23.5 Å². The lowest BCUT2D eigenvalue weighted by atomic mass is 10.0. The van der Waals surface area contributed by atoms with E-state index in [1.807, 2.05) is 59.2 Å². The Morgan fingerprint density at radius 1 is 1.07 bits per heavy atom. The summed E-state index contributed by atoms with van der Waals surface area (Å²) in [5.41, 5.74) is 5.94. The van der Waals surface area contributed by atoms with Crippen LogP contribution in [0.15, 0.2) is 66.7 Å². The highest BCUT2D eigenvalue weighted by Gasteiger charge is 2.25. The Kier molecular flexibility index (Phi) is 8.07. The highest BCUT2D eigenvalue weighted by Crippen LogP contribution is 2.32. The van der Waals surface area contributed by atoms with E-state index in [1.165, 1.54) is 7.11 Å². The molecule has 2 aliphatic rings. The molecule has 0 radical (unpaired) electrons. The summed E-state index contributed by atoms with van der Waals surface area (Å²) in [4.78, 5) is 25.4. The first-order valence-corrected chi connectivity index (χ1v) is 15.2. The number of rotatable bonds is 5. The number of aryl methyl sites for hydroxylation is 1. The lowest BCUT2D eigenvalue weighted by Gasteiger charge is -2.27. The van der Waals surface area contributed by atoms with Crippen LogP contribution >= 0.6 is 0 Å². The molecule has 232 valence electrons. The van der Waals surface area contributed by atoms with Gasteiger partial charge in [0.25, 0.3) is 0 Å². The average Bonchev–Trinajstić information content (AvgIpc) is 3.40. The van der Waals surface area contributed by atoms with E-state index in [2.05, 4.69) is 4.85 Å². The first-order chi connectivity index (χ1) is 22.5. The molecule has 0 spiro atoms. The minimum Gasteiger partial charge on any atom is -0.493 e. The number of esters is 1. The smallest absolute Gasteiger partial charge is 0.338 e. The number of pyridine rings is 1. The molecular formula is C36H31FN4O5. The molecule has 46 heavy (non-hydrogen) atoms. The van der Waals surface area contributed by atoms with Gasteiger partial charge in [0.2, 0.25) is 5.88 Å². The maximum Gasteiger partial charge on any atom is 0.338 e. The second-order valence-electron chi connectivity index (χ2n) is 11.4. The number of fused-ring (bicyclic) bond motifs is 7. The quantitative estimate of drug-likeness (QED) is 0.157. The predicted octanol–water partition coefficient (Wildman–Crippen LogP) is 6.86. The van der Waals surface area contributed by atoms with E-state index in [0.717, 1.165) is 46.9 Å². The van der Waals surface area contributed by atoms with Gasteiger partial charge in [-0.25, -0.2) is 24.0 Å². The molecule has 1 saturated heterocycles. The van der Waals surface area contributed by atoms with Crippen molar-refractivity contribution in [2.45, 2.75) is 44.9 Å². The number of imidazole rings is 1. The minimum absolute atomic E-state index is 0.0236. The number of hydrogen-bond donors (Lipinski definition) is 0. The first-order valence-electron chi connectivity index (χ1n) is 15.2. The summed E-state index contributed by atoms with van der Waals surface area (Å²) in [6.45, 7) is 9.40. The number of hydrogen-bond acceptors (Lipinski definition) is 7. The van der Waals surface area contributed by atoms with Crippen molar-refractivity contribution in [2.24, 2.45) is 0 Å². The van der Waals surface area contributed by atoms with Crippen LogP contribution in [0.4, 0.5) is 10.1 Å². The van der Waals surface area contributed by atoms with Crippen molar-refractivity contribution in [1.29, 1.82) is 0 Å². The van der Waals surface area contributed by atoms with Gasteiger partial charge in [0.05, 0.1) is 49.7 Å². The molecule has 2 aromatic heterocycles. The summed E-state index contributed by atoms with van der Waals surface area (Å²) in [6, 6.07) is 20.1. The monoisotopic (exact) mass is 618 g/mol. The summed E-state index contributed by atoms with van der Waals surface area (Å²) >= 11 is 0. The lowest BCUT2D eigenvalue weighted by molar-refractivity contribution is -0.0589. The van der Waals surface area contributed by atoms with Gasteiger partial charge in [-0.1, -0.05) is 42.0 Å². The Hall–Kier alpha value is -5.27. The molecule has 1 fully saturated rings. The van der Waals surface area contributed by atoms with Gasteiger partial charge in [0.1, 0.15) is 23.7 Å². The topological polar surface area (TPSA) is 89.1 Å². The second kappa shape index (κ2) is 12.6. The molecule has 4 bridgehead atoms. The molecular weight excluding hydrogens is 587 g/mol. The van der Waals surface area contributed by atoms with E-state index in [0.29, 0.717) is 67.9 Å². The fourth-order valence-electron chi connectivity index (χ4n) is 5.91. The van der Waals surface area contributed by atoms with Crippen LogP contribution in [0.3, 0.4) is 0 Å². The zero-order valence-electron chi connectivity index (χ0n) is 25.3. The third-order valence-electron chi connectivity index (χ3n) is 8.46. The van der Waals surface area contributed by atoms with Crippen LogP contribution in [-0.4, -0.2) is 46.9 Å². The van der Waals surface area contributed by atoms with Gasteiger partial charge in [0, 0.05) is 30.2 Å². The van der Waals surface area contributed by atoms with Crippen LogP contribution < -0.4 is 9.47 Å². The molecule has 5 aromatic rings. The van der Waals surface area contributed by atoms with Crippen LogP contribution in [0.25, 0.3) is 27.1 Å². The van der Waals surface area contributed by atoms with Gasteiger partial charge in [-0.15, -0.1) is 0 Å². The van der Waals surface area contributed by atoms with E-state index in [4.69, 9.17) is 35.5 Å². The van der Waals surface area contributed by atoms with E-state index in [9.17, 15) is 4.79 Å². The molecule has 9 nitrogen and oxygen atoms in total. The zero-order valence-corrected chi connectivity index (χ0v) is 25.3. The third-order valence-corrected chi connectivity index (χ3v) is 8.46. The second-order valence-corrected chi connectivity index (χ2v) is 11.4. The van der Waals surface area contributed by atoms with E-state index < -0.39 is 11.8 Å². The summed E-state index contributed by atoms with van der Waals surface area (Å²) in [7, 11) is 1.27. The molecule has 0 unspecified atom stereocenters. The number of aromatic nitrogens is 3. The lowest BCUT2D eigenvalue weighted by Crippen LogP contribution is -2.31. The average molecular weight is 619 g/mol. The standard InChI is InChI=1S/C36H31FN4O5/c1-38-27-11-10-25-21-46-34-7-3-6-30(39-34)23-8-9-24(32(18-23)45-13-4-5-22(25)15-27)19-33-40-35-29(37)16-26(36(42)43-2)17-31(35)41(33)20-28-12-14-44-28/h3,6-11,15-18,28H,4-5,12-14,19-21H2,2H3/t28-/m0/s1. The molecule has 0 aliphatic carbocycles. The van der Waals surface area contributed by atoms with Crippen molar-refractivity contribution in [3.63, 3.8) is 0 Å². The Morgan fingerprint density at radius 3 is 2.76 bits per heavy atom. The Bertz CT molecular complexity index is 2000. The molecule has 0 saturated carbocycles. The van der Waals surface area contributed by atoms with Gasteiger partial charge in [-0.2, -0.15) is 0 Å².